The zero-order chi connectivity index (χ0) is 22.1. The van der Waals surface area contributed by atoms with Gasteiger partial charge in [0.25, 0.3) is 0 Å². The van der Waals surface area contributed by atoms with Gasteiger partial charge in [0.05, 0.1) is 6.10 Å². The third-order valence-electron chi connectivity index (χ3n) is 6.37. The van der Waals surface area contributed by atoms with Crippen molar-refractivity contribution in [2.45, 2.75) is 38.2 Å². The van der Waals surface area contributed by atoms with Crippen molar-refractivity contribution in [3.05, 3.63) is 71.5 Å². The van der Waals surface area contributed by atoms with Crippen LogP contribution in [0.4, 0.5) is 4.39 Å². The van der Waals surface area contributed by atoms with Gasteiger partial charge >= 0.3 is 0 Å². The lowest BCUT2D eigenvalue weighted by Crippen LogP contribution is -2.38. The van der Waals surface area contributed by atoms with Crippen molar-refractivity contribution in [1.29, 1.82) is 0 Å². The summed E-state index contributed by atoms with van der Waals surface area (Å²) in [5, 5.41) is 9.21. The number of hydrogen-bond donors (Lipinski definition) is 2. The molecule has 2 N–H and O–H groups in total. The minimum Gasteiger partial charge on any atom is -0.377 e. The monoisotopic (exact) mass is 428 g/mol. The fourth-order valence-electron chi connectivity index (χ4n) is 4.45. The van der Waals surface area contributed by atoms with Gasteiger partial charge in [-0.15, -0.1) is 0 Å². The minimum atomic E-state index is -0.400. The van der Waals surface area contributed by atoms with Crippen molar-refractivity contribution in [2.24, 2.45) is 11.8 Å². The maximum Gasteiger partial charge on any atom is 0.246 e. The molecular weight excluding hydrogens is 395 g/mol. The van der Waals surface area contributed by atoms with Crippen LogP contribution in [-0.4, -0.2) is 42.8 Å². The molecule has 3 rings (SSSR count). The van der Waals surface area contributed by atoms with Crippen molar-refractivity contribution in [2.75, 3.05) is 26.7 Å². The first-order chi connectivity index (χ1) is 15.1. The predicted octanol–water partition coefficient (Wildman–Crippen LogP) is 4.37. The summed E-state index contributed by atoms with van der Waals surface area (Å²) in [6.45, 7) is 2.85. The molecule has 2 atom stereocenters. The normalized spacial score (nSPS) is 17.3. The predicted molar refractivity (Wildman–Crippen MR) is 118 cm³/mol. The Morgan fingerprint density at radius 3 is 2.45 bits per heavy atom. The van der Waals surface area contributed by atoms with E-state index in [0.29, 0.717) is 18.8 Å². The molecule has 0 saturated carbocycles. The smallest absolute Gasteiger partial charge is 0.246 e. The number of ether oxygens (including phenoxy) is 1. The summed E-state index contributed by atoms with van der Waals surface area (Å²) in [4.78, 5) is 14.7. The molecule has 31 heavy (non-hydrogen) atoms. The number of halogens is 1. The third-order valence-corrected chi connectivity index (χ3v) is 6.37. The lowest BCUT2D eigenvalue weighted by atomic mass is 9.89. The van der Waals surface area contributed by atoms with Crippen LogP contribution in [0.15, 0.2) is 54.6 Å². The van der Waals surface area contributed by atoms with E-state index in [1.54, 1.807) is 24.7 Å². The number of rotatable bonds is 10. The maximum atomic E-state index is 13.2. The third kappa shape index (κ3) is 7.13. The largest absolute Gasteiger partial charge is 0.377 e. The van der Waals surface area contributed by atoms with Crippen molar-refractivity contribution < 1.29 is 19.1 Å². The number of nitrogens with one attached hydrogen (secondary N) is 1. The van der Waals surface area contributed by atoms with Gasteiger partial charge in [-0.3, -0.25) is 10.0 Å². The van der Waals surface area contributed by atoms with Gasteiger partial charge in [-0.1, -0.05) is 42.5 Å². The van der Waals surface area contributed by atoms with Gasteiger partial charge < -0.3 is 9.64 Å². The number of methoxy groups -OCH3 is 1. The lowest BCUT2D eigenvalue weighted by Gasteiger charge is -2.33. The van der Waals surface area contributed by atoms with Crippen molar-refractivity contribution in [3.63, 3.8) is 0 Å². The number of piperidine rings is 1. The fourth-order valence-corrected chi connectivity index (χ4v) is 4.45. The first-order valence-corrected chi connectivity index (χ1v) is 11.1. The van der Waals surface area contributed by atoms with Crippen LogP contribution in [0.1, 0.15) is 42.9 Å². The van der Waals surface area contributed by atoms with Crippen LogP contribution in [0.5, 0.6) is 0 Å². The standard InChI is InChI=1S/C25H33FN2O3/c1-31-24(21-7-9-23(26)10-8-21)18-22(25(29)27-30)13-16-28-14-11-20(12-15-28)17-19-5-3-2-4-6-19/h2-10,20,22,24,30H,11-18H2,1H3,(H,27,29)/t22-,24+/m0/s1. The quantitative estimate of drug-likeness (QED) is 0.436. The van der Waals surface area contributed by atoms with Crippen LogP contribution in [0.3, 0.4) is 0 Å². The van der Waals surface area contributed by atoms with Crippen LogP contribution in [0.2, 0.25) is 0 Å². The molecule has 0 spiro atoms. The molecule has 168 valence electrons. The Morgan fingerprint density at radius 2 is 1.84 bits per heavy atom. The van der Waals surface area contributed by atoms with Crippen LogP contribution < -0.4 is 5.48 Å². The Hall–Kier alpha value is -2.28. The van der Waals surface area contributed by atoms with Gasteiger partial charge in [0.15, 0.2) is 0 Å². The number of nitrogens with zero attached hydrogens (tertiary/aromatic N) is 1. The molecule has 1 fully saturated rings. The second-order valence-corrected chi connectivity index (χ2v) is 8.45. The van der Waals surface area contributed by atoms with Gasteiger partial charge in [0, 0.05) is 13.0 Å². The van der Waals surface area contributed by atoms with E-state index >= 15 is 0 Å². The second-order valence-electron chi connectivity index (χ2n) is 8.45. The SMILES string of the molecule is CO[C@H](C[C@H](CCN1CCC(Cc2ccccc2)CC1)C(=O)NO)c1ccc(F)cc1. The first-order valence-electron chi connectivity index (χ1n) is 11.1. The summed E-state index contributed by atoms with van der Waals surface area (Å²) in [6.07, 6.45) is 4.16. The molecule has 0 aliphatic carbocycles. The Kier molecular flexibility index (Phi) is 9.00. The van der Waals surface area contributed by atoms with Crippen LogP contribution in [0, 0.1) is 17.7 Å². The van der Waals surface area contributed by atoms with E-state index in [9.17, 15) is 14.4 Å². The van der Waals surface area contributed by atoms with E-state index in [1.807, 2.05) is 0 Å². The maximum absolute atomic E-state index is 13.2. The Balaban J connectivity index is 1.50. The van der Waals surface area contributed by atoms with Crippen LogP contribution in [0.25, 0.3) is 0 Å². The topological polar surface area (TPSA) is 61.8 Å². The van der Waals surface area contributed by atoms with Crippen molar-refractivity contribution in [3.8, 4) is 0 Å². The average molecular weight is 429 g/mol. The Bertz CT molecular complexity index is 792. The van der Waals surface area contributed by atoms with E-state index < -0.39 is 5.91 Å². The highest BCUT2D eigenvalue weighted by Gasteiger charge is 2.26. The summed E-state index contributed by atoms with van der Waals surface area (Å²) in [6, 6.07) is 16.8. The molecule has 1 amide bonds. The lowest BCUT2D eigenvalue weighted by molar-refractivity contribution is -0.135. The summed E-state index contributed by atoms with van der Waals surface area (Å²) >= 11 is 0. The summed E-state index contributed by atoms with van der Waals surface area (Å²) < 4.78 is 18.8. The minimum absolute atomic E-state index is 0.307. The first kappa shape index (κ1) is 23.4. The molecule has 2 aromatic carbocycles. The molecular formula is C25H33FN2O3. The number of carbonyl (C=O) groups is 1. The fraction of sp³-hybridized carbons (Fsp3) is 0.480. The number of likely N-dealkylation sites (tertiary alicyclic amines) is 1. The highest BCUT2D eigenvalue weighted by atomic mass is 19.1. The summed E-state index contributed by atoms with van der Waals surface area (Å²) in [5.41, 5.74) is 4.02. The van der Waals surface area contributed by atoms with Gasteiger partial charge in [0.2, 0.25) is 5.91 Å². The van der Waals surface area contributed by atoms with E-state index in [0.717, 1.165) is 44.5 Å². The molecule has 1 heterocycles. The number of carbonyl (C=O) groups excluding carboxylic acids is 1. The molecule has 6 heteroatoms. The second kappa shape index (κ2) is 11.9. The van der Waals surface area contributed by atoms with Crippen LogP contribution >= 0.6 is 0 Å². The van der Waals surface area contributed by atoms with E-state index in [2.05, 4.69) is 35.2 Å². The molecule has 0 bridgehead atoms. The number of hydroxylamine groups is 1. The molecule has 0 aromatic heterocycles. The van der Waals surface area contributed by atoms with E-state index in [1.165, 1.54) is 17.7 Å². The van der Waals surface area contributed by atoms with Crippen molar-refractivity contribution in [1.82, 2.24) is 10.4 Å². The highest BCUT2D eigenvalue weighted by Crippen LogP contribution is 2.28. The molecule has 5 nitrogen and oxygen atoms in total. The van der Waals surface area contributed by atoms with Crippen molar-refractivity contribution >= 4 is 5.91 Å². The van der Waals surface area contributed by atoms with E-state index in [4.69, 9.17) is 4.74 Å². The molecule has 0 radical (unpaired) electrons. The zero-order valence-electron chi connectivity index (χ0n) is 18.2. The summed E-state index contributed by atoms with van der Waals surface area (Å²) in [7, 11) is 1.58. The molecule has 2 aromatic rings. The highest BCUT2D eigenvalue weighted by molar-refractivity contribution is 5.77. The van der Waals surface area contributed by atoms with Gasteiger partial charge in [-0.2, -0.15) is 0 Å². The molecule has 1 aliphatic rings. The molecule has 1 aliphatic heterocycles. The van der Waals surface area contributed by atoms with Gasteiger partial charge in [-0.25, -0.2) is 9.87 Å². The van der Waals surface area contributed by atoms with Gasteiger partial charge in [0.1, 0.15) is 5.82 Å². The van der Waals surface area contributed by atoms with Gasteiger partial charge in [-0.05, 0) is 80.9 Å². The Labute approximate surface area is 184 Å². The van der Waals surface area contributed by atoms with Crippen LogP contribution in [-0.2, 0) is 16.0 Å². The average Bonchev–Trinajstić information content (AvgIpc) is 2.81. The Morgan fingerprint density at radius 1 is 1.16 bits per heavy atom. The number of benzene rings is 2. The van der Waals surface area contributed by atoms with E-state index in [-0.39, 0.29) is 17.8 Å². The summed E-state index contributed by atoms with van der Waals surface area (Å²) in [5.74, 6) is -0.393. The molecule has 1 saturated heterocycles. The number of hydrogen-bond acceptors (Lipinski definition) is 4. The molecule has 0 unspecified atom stereocenters. The number of amides is 1. The zero-order valence-corrected chi connectivity index (χ0v) is 18.2.